The van der Waals surface area contributed by atoms with E-state index < -0.39 is 11.2 Å². The van der Waals surface area contributed by atoms with Gasteiger partial charge in [0.05, 0.1) is 5.56 Å². The smallest absolute Gasteiger partial charge is 0.204 e. The maximum absolute atomic E-state index is 12.9. The van der Waals surface area contributed by atoms with Crippen molar-refractivity contribution in [2.24, 2.45) is 0 Å². The molecule has 0 fully saturated rings. The average Bonchev–Trinajstić information content (AvgIpc) is 2.68. The third-order valence-corrected chi connectivity index (χ3v) is 5.08. The van der Waals surface area contributed by atoms with Crippen molar-refractivity contribution in [1.82, 2.24) is 0 Å². The van der Waals surface area contributed by atoms with E-state index in [2.05, 4.69) is 19.9 Å². The van der Waals surface area contributed by atoms with Crippen LogP contribution in [-0.4, -0.2) is 20.4 Å². The SMILES string of the molecule is CC(C)=CCCC(C)=CCc1cc(-c2coc3cc(O)cc(O)c3c2=O)cc(O)c1O. The highest BCUT2D eigenvalue weighted by Gasteiger charge is 2.17. The lowest BCUT2D eigenvalue weighted by Gasteiger charge is -2.10. The minimum Gasteiger partial charge on any atom is -0.508 e. The summed E-state index contributed by atoms with van der Waals surface area (Å²) < 4.78 is 5.43. The minimum absolute atomic E-state index is 0.0457. The molecule has 0 amide bonds. The van der Waals surface area contributed by atoms with Crippen LogP contribution in [0.5, 0.6) is 23.0 Å². The molecule has 31 heavy (non-hydrogen) atoms. The molecule has 6 nitrogen and oxygen atoms in total. The van der Waals surface area contributed by atoms with Gasteiger partial charge in [-0.25, -0.2) is 0 Å². The van der Waals surface area contributed by atoms with Crippen molar-refractivity contribution in [2.45, 2.75) is 40.0 Å². The second-order valence-electron chi connectivity index (χ2n) is 7.89. The lowest BCUT2D eigenvalue weighted by atomic mass is 9.99. The van der Waals surface area contributed by atoms with E-state index in [0.717, 1.165) is 24.5 Å². The predicted molar refractivity (Wildman–Crippen MR) is 121 cm³/mol. The molecular formula is C25H26O6. The molecule has 0 saturated carbocycles. The van der Waals surface area contributed by atoms with E-state index >= 15 is 0 Å². The minimum atomic E-state index is -0.511. The molecular weight excluding hydrogens is 396 g/mol. The standard InChI is InChI=1S/C25H26O6/c1-14(2)5-4-6-15(3)7-8-16-9-17(10-21(28)24(16)29)19-13-31-22-12-18(26)11-20(27)23(22)25(19)30/h5,7,9-13,26-29H,4,6,8H2,1-3H3. The zero-order valence-electron chi connectivity index (χ0n) is 17.8. The van der Waals surface area contributed by atoms with Crippen molar-refractivity contribution in [3.05, 3.63) is 69.6 Å². The molecule has 0 aliphatic carbocycles. The van der Waals surface area contributed by atoms with Gasteiger partial charge in [0.15, 0.2) is 11.5 Å². The van der Waals surface area contributed by atoms with Gasteiger partial charge in [-0.05, 0) is 57.7 Å². The van der Waals surface area contributed by atoms with Crippen molar-refractivity contribution in [1.29, 1.82) is 0 Å². The Balaban J connectivity index is 1.99. The lowest BCUT2D eigenvalue weighted by Crippen LogP contribution is -2.05. The van der Waals surface area contributed by atoms with Crippen molar-refractivity contribution < 1.29 is 24.8 Å². The highest BCUT2D eigenvalue weighted by atomic mass is 16.3. The van der Waals surface area contributed by atoms with Gasteiger partial charge in [-0.15, -0.1) is 0 Å². The summed E-state index contributed by atoms with van der Waals surface area (Å²) in [5, 5.41) is 40.1. The third-order valence-electron chi connectivity index (χ3n) is 5.08. The van der Waals surface area contributed by atoms with Crippen LogP contribution in [0.25, 0.3) is 22.1 Å². The first-order valence-electron chi connectivity index (χ1n) is 9.99. The average molecular weight is 422 g/mol. The molecule has 0 bridgehead atoms. The fraction of sp³-hybridized carbons (Fsp3) is 0.240. The second-order valence-corrected chi connectivity index (χ2v) is 7.89. The third kappa shape index (κ3) is 4.91. The van der Waals surface area contributed by atoms with Crippen LogP contribution in [0.15, 0.2) is 63.0 Å². The molecule has 6 heteroatoms. The highest BCUT2D eigenvalue weighted by molar-refractivity contribution is 5.88. The van der Waals surface area contributed by atoms with E-state index in [1.54, 1.807) is 6.07 Å². The second kappa shape index (κ2) is 9.00. The van der Waals surface area contributed by atoms with Crippen LogP contribution >= 0.6 is 0 Å². The van der Waals surface area contributed by atoms with Gasteiger partial charge in [-0.2, -0.15) is 0 Å². The predicted octanol–water partition coefficient (Wildman–Crippen LogP) is 5.52. The number of hydrogen-bond acceptors (Lipinski definition) is 6. The van der Waals surface area contributed by atoms with Gasteiger partial charge < -0.3 is 24.8 Å². The monoisotopic (exact) mass is 422 g/mol. The van der Waals surface area contributed by atoms with E-state index in [0.29, 0.717) is 17.5 Å². The zero-order valence-corrected chi connectivity index (χ0v) is 17.8. The molecule has 3 aromatic rings. The molecule has 4 N–H and O–H groups in total. The summed E-state index contributed by atoms with van der Waals surface area (Å²) in [7, 11) is 0. The summed E-state index contributed by atoms with van der Waals surface area (Å²) in [4.78, 5) is 12.9. The largest absolute Gasteiger partial charge is 0.508 e. The Kier molecular flexibility index (Phi) is 6.39. The van der Waals surface area contributed by atoms with Gasteiger partial charge in [-0.1, -0.05) is 23.3 Å². The Bertz CT molecular complexity index is 1240. The van der Waals surface area contributed by atoms with Gasteiger partial charge >= 0.3 is 0 Å². The zero-order chi connectivity index (χ0) is 22.7. The van der Waals surface area contributed by atoms with Crippen LogP contribution in [0.3, 0.4) is 0 Å². The van der Waals surface area contributed by atoms with Gasteiger partial charge in [0.25, 0.3) is 0 Å². The van der Waals surface area contributed by atoms with E-state index in [9.17, 15) is 25.2 Å². The summed E-state index contributed by atoms with van der Waals surface area (Å²) in [6.45, 7) is 6.12. The van der Waals surface area contributed by atoms with E-state index in [-0.39, 0.29) is 33.8 Å². The van der Waals surface area contributed by atoms with Gasteiger partial charge in [0.2, 0.25) is 5.43 Å². The molecule has 0 atom stereocenters. The topological polar surface area (TPSA) is 111 Å². The van der Waals surface area contributed by atoms with Crippen LogP contribution in [-0.2, 0) is 6.42 Å². The number of rotatable bonds is 6. The molecule has 1 heterocycles. The van der Waals surface area contributed by atoms with Crippen molar-refractivity contribution in [3.63, 3.8) is 0 Å². The quantitative estimate of drug-likeness (QED) is 0.308. The Labute approximate surface area is 180 Å². The summed E-state index contributed by atoms with van der Waals surface area (Å²) in [6, 6.07) is 5.19. The molecule has 0 radical (unpaired) electrons. The maximum atomic E-state index is 12.9. The fourth-order valence-electron chi connectivity index (χ4n) is 3.38. The molecule has 2 aromatic carbocycles. The summed E-state index contributed by atoms with van der Waals surface area (Å²) in [5.41, 5.74) is 2.88. The Morgan fingerprint density at radius 2 is 1.71 bits per heavy atom. The number of allylic oxidation sites excluding steroid dienone is 4. The molecule has 1 aromatic heterocycles. The first kappa shape index (κ1) is 22.0. The maximum Gasteiger partial charge on any atom is 0.204 e. The first-order valence-corrected chi connectivity index (χ1v) is 9.99. The van der Waals surface area contributed by atoms with Crippen LogP contribution in [0, 0.1) is 0 Å². The fourth-order valence-corrected chi connectivity index (χ4v) is 3.38. The molecule has 3 rings (SSSR count). The number of benzene rings is 2. The summed E-state index contributed by atoms with van der Waals surface area (Å²) in [5.74, 6) is -1.21. The Morgan fingerprint density at radius 1 is 0.968 bits per heavy atom. The number of fused-ring (bicyclic) bond motifs is 1. The Hall–Kier alpha value is -3.67. The van der Waals surface area contributed by atoms with Crippen LogP contribution in [0.1, 0.15) is 39.2 Å². The molecule has 162 valence electrons. The number of phenolic OH excluding ortho intramolecular Hbond substituents is 4. The number of aromatic hydroxyl groups is 4. The van der Waals surface area contributed by atoms with Crippen LogP contribution in [0.4, 0.5) is 0 Å². The van der Waals surface area contributed by atoms with Crippen LogP contribution in [0.2, 0.25) is 0 Å². The van der Waals surface area contributed by atoms with E-state index in [1.807, 2.05) is 13.0 Å². The summed E-state index contributed by atoms with van der Waals surface area (Å²) in [6.07, 6.45) is 7.55. The van der Waals surface area contributed by atoms with Crippen molar-refractivity contribution in [3.8, 4) is 34.1 Å². The number of phenols is 4. The van der Waals surface area contributed by atoms with E-state index in [1.165, 1.54) is 24.0 Å². The molecule has 0 aliphatic rings. The first-order chi connectivity index (χ1) is 14.7. The normalized spacial score (nSPS) is 11.6. The Morgan fingerprint density at radius 3 is 2.42 bits per heavy atom. The van der Waals surface area contributed by atoms with Gasteiger partial charge in [0, 0.05) is 17.7 Å². The summed E-state index contributed by atoms with van der Waals surface area (Å²) >= 11 is 0. The molecule has 0 spiro atoms. The lowest BCUT2D eigenvalue weighted by molar-refractivity contribution is 0.400. The van der Waals surface area contributed by atoms with E-state index in [4.69, 9.17) is 4.42 Å². The highest BCUT2D eigenvalue weighted by Crippen LogP contribution is 2.36. The van der Waals surface area contributed by atoms with Crippen molar-refractivity contribution in [2.75, 3.05) is 0 Å². The van der Waals surface area contributed by atoms with Gasteiger partial charge in [0.1, 0.15) is 28.7 Å². The van der Waals surface area contributed by atoms with Crippen molar-refractivity contribution >= 4 is 11.0 Å². The van der Waals surface area contributed by atoms with Crippen LogP contribution < -0.4 is 5.43 Å². The molecule has 0 unspecified atom stereocenters. The molecule has 0 aliphatic heterocycles. The van der Waals surface area contributed by atoms with Gasteiger partial charge in [-0.3, -0.25) is 4.79 Å². The molecule has 0 saturated heterocycles. The number of hydrogen-bond donors (Lipinski definition) is 4.